The van der Waals surface area contributed by atoms with Gasteiger partial charge in [-0.3, -0.25) is 9.59 Å². The van der Waals surface area contributed by atoms with Crippen molar-refractivity contribution in [2.24, 2.45) is 5.92 Å². The molecule has 1 aliphatic heterocycles. The van der Waals surface area contributed by atoms with Gasteiger partial charge in [0.25, 0.3) is 0 Å². The normalized spacial score (nSPS) is 19.5. The molecular weight excluding hydrogens is 352 g/mol. The SMILES string of the molecule is Cc1ccc(OCc2nc(CC(=O)N3CCC(C(=O)O)C3C)cs2)cc1. The summed E-state index contributed by atoms with van der Waals surface area (Å²) < 4.78 is 5.71. The molecule has 1 aromatic carbocycles. The fourth-order valence-electron chi connectivity index (χ4n) is 3.15. The van der Waals surface area contributed by atoms with Gasteiger partial charge in [-0.1, -0.05) is 17.7 Å². The Morgan fingerprint density at radius 1 is 1.35 bits per heavy atom. The van der Waals surface area contributed by atoms with E-state index in [1.54, 1.807) is 11.8 Å². The molecule has 6 nitrogen and oxygen atoms in total. The van der Waals surface area contributed by atoms with E-state index in [2.05, 4.69) is 4.98 Å². The molecule has 2 heterocycles. The second kappa shape index (κ2) is 7.86. The monoisotopic (exact) mass is 374 g/mol. The number of carbonyl (C=O) groups is 2. The van der Waals surface area contributed by atoms with E-state index in [4.69, 9.17) is 4.74 Å². The van der Waals surface area contributed by atoms with Crippen LogP contribution >= 0.6 is 11.3 Å². The van der Waals surface area contributed by atoms with Crippen LogP contribution in [0.1, 0.15) is 29.6 Å². The minimum atomic E-state index is -0.836. The fourth-order valence-corrected chi connectivity index (χ4v) is 3.86. The first-order chi connectivity index (χ1) is 12.4. The molecule has 3 rings (SSSR count). The molecule has 2 atom stereocenters. The number of carbonyl (C=O) groups excluding carboxylic acids is 1. The van der Waals surface area contributed by atoms with Gasteiger partial charge in [-0.25, -0.2) is 4.98 Å². The van der Waals surface area contributed by atoms with Gasteiger partial charge in [0.2, 0.25) is 5.91 Å². The van der Waals surface area contributed by atoms with Crippen LogP contribution in [-0.2, 0) is 22.6 Å². The van der Waals surface area contributed by atoms with Gasteiger partial charge < -0.3 is 14.7 Å². The maximum atomic E-state index is 12.5. The highest BCUT2D eigenvalue weighted by Crippen LogP contribution is 2.25. The van der Waals surface area contributed by atoms with Gasteiger partial charge in [-0.2, -0.15) is 0 Å². The number of aliphatic carboxylic acids is 1. The summed E-state index contributed by atoms with van der Waals surface area (Å²) in [6.45, 7) is 4.67. The Labute approximate surface area is 156 Å². The van der Waals surface area contributed by atoms with E-state index in [0.717, 1.165) is 10.8 Å². The Balaban J connectivity index is 1.54. The average molecular weight is 374 g/mol. The maximum absolute atomic E-state index is 12.5. The van der Waals surface area contributed by atoms with Crippen LogP contribution < -0.4 is 4.74 Å². The highest BCUT2D eigenvalue weighted by atomic mass is 32.1. The second-order valence-corrected chi connectivity index (χ2v) is 7.51. The molecule has 26 heavy (non-hydrogen) atoms. The summed E-state index contributed by atoms with van der Waals surface area (Å²) in [7, 11) is 0. The minimum Gasteiger partial charge on any atom is -0.486 e. The number of aromatic nitrogens is 1. The van der Waals surface area contributed by atoms with Gasteiger partial charge >= 0.3 is 5.97 Å². The lowest BCUT2D eigenvalue weighted by atomic mass is 10.0. The first-order valence-electron chi connectivity index (χ1n) is 8.59. The van der Waals surface area contributed by atoms with Crippen LogP contribution in [0.2, 0.25) is 0 Å². The van der Waals surface area contributed by atoms with Gasteiger partial charge in [0.05, 0.1) is 18.0 Å². The van der Waals surface area contributed by atoms with Gasteiger partial charge in [-0.05, 0) is 32.4 Å². The summed E-state index contributed by atoms with van der Waals surface area (Å²) in [4.78, 5) is 29.8. The van der Waals surface area contributed by atoms with Crippen LogP contribution in [0, 0.1) is 12.8 Å². The topological polar surface area (TPSA) is 79.7 Å². The number of aryl methyl sites for hydroxylation is 1. The summed E-state index contributed by atoms with van der Waals surface area (Å²) >= 11 is 1.46. The van der Waals surface area contributed by atoms with E-state index in [1.165, 1.54) is 16.9 Å². The largest absolute Gasteiger partial charge is 0.486 e. The third-order valence-electron chi connectivity index (χ3n) is 4.71. The first-order valence-corrected chi connectivity index (χ1v) is 9.47. The fraction of sp³-hybridized carbons (Fsp3) is 0.421. The molecule has 0 spiro atoms. The standard InChI is InChI=1S/C19H22N2O4S/c1-12-3-5-15(6-4-12)25-10-17-20-14(11-26-17)9-18(22)21-8-7-16(13(21)2)19(23)24/h3-6,11,13,16H,7-10H2,1-2H3,(H,23,24). The number of amides is 1. The Bertz CT molecular complexity index is 787. The lowest BCUT2D eigenvalue weighted by molar-refractivity contribution is -0.143. The number of carboxylic acid groups (broad SMARTS) is 1. The van der Waals surface area contributed by atoms with Crippen LogP contribution in [0.3, 0.4) is 0 Å². The number of rotatable bonds is 6. The Morgan fingerprint density at radius 2 is 2.08 bits per heavy atom. The first kappa shape index (κ1) is 18.4. The minimum absolute atomic E-state index is 0.0717. The van der Waals surface area contributed by atoms with E-state index in [9.17, 15) is 14.7 Å². The molecular formula is C19H22N2O4S. The zero-order valence-corrected chi connectivity index (χ0v) is 15.7. The number of benzene rings is 1. The third-order valence-corrected chi connectivity index (χ3v) is 5.58. The summed E-state index contributed by atoms with van der Waals surface area (Å²) in [6, 6.07) is 7.54. The molecule has 7 heteroatoms. The number of nitrogens with zero attached hydrogens (tertiary/aromatic N) is 2. The number of thiazole rings is 1. The summed E-state index contributed by atoms with van der Waals surface area (Å²) in [5.74, 6) is -0.601. The van der Waals surface area contributed by atoms with Crippen molar-refractivity contribution in [3.8, 4) is 5.75 Å². The molecule has 0 saturated carbocycles. The predicted molar refractivity (Wildman–Crippen MR) is 98.2 cm³/mol. The van der Waals surface area contributed by atoms with Crippen molar-refractivity contribution in [1.29, 1.82) is 0 Å². The van der Waals surface area contributed by atoms with E-state index in [-0.39, 0.29) is 18.4 Å². The molecule has 2 unspecified atom stereocenters. The molecule has 0 bridgehead atoms. The van der Waals surface area contributed by atoms with Crippen LogP contribution in [0.15, 0.2) is 29.6 Å². The van der Waals surface area contributed by atoms with Crippen molar-refractivity contribution in [2.75, 3.05) is 6.54 Å². The number of ether oxygens (including phenoxy) is 1. The molecule has 1 amide bonds. The van der Waals surface area contributed by atoms with E-state index in [0.29, 0.717) is 25.3 Å². The zero-order chi connectivity index (χ0) is 18.7. The average Bonchev–Trinajstić information content (AvgIpc) is 3.20. The van der Waals surface area contributed by atoms with E-state index in [1.807, 2.05) is 36.6 Å². The Hall–Kier alpha value is -2.41. The number of carboxylic acids is 1. The lowest BCUT2D eigenvalue weighted by Crippen LogP contribution is -2.38. The number of hydrogen-bond donors (Lipinski definition) is 1. The molecule has 1 saturated heterocycles. The molecule has 1 fully saturated rings. The Morgan fingerprint density at radius 3 is 2.73 bits per heavy atom. The molecule has 0 radical (unpaired) electrons. The molecule has 2 aromatic rings. The number of likely N-dealkylation sites (tertiary alicyclic amines) is 1. The second-order valence-electron chi connectivity index (χ2n) is 6.57. The van der Waals surface area contributed by atoms with Gasteiger partial charge in [-0.15, -0.1) is 11.3 Å². The van der Waals surface area contributed by atoms with Crippen LogP contribution in [0.5, 0.6) is 5.75 Å². The van der Waals surface area contributed by atoms with Crippen molar-refractivity contribution < 1.29 is 19.4 Å². The third kappa shape index (κ3) is 4.22. The van der Waals surface area contributed by atoms with Crippen LogP contribution in [0.4, 0.5) is 0 Å². The van der Waals surface area contributed by atoms with Gasteiger partial charge in [0, 0.05) is 18.0 Å². The van der Waals surface area contributed by atoms with Crippen molar-refractivity contribution >= 4 is 23.2 Å². The van der Waals surface area contributed by atoms with Crippen molar-refractivity contribution in [1.82, 2.24) is 9.88 Å². The van der Waals surface area contributed by atoms with Crippen molar-refractivity contribution in [2.45, 2.75) is 39.3 Å². The van der Waals surface area contributed by atoms with E-state index < -0.39 is 11.9 Å². The summed E-state index contributed by atoms with van der Waals surface area (Å²) in [5, 5.41) is 11.9. The Kier molecular flexibility index (Phi) is 5.56. The maximum Gasteiger partial charge on any atom is 0.308 e. The quantitative estimate of drug-likeness (QED) is 0.841. The van der Waals surface area contributed by atoms with Crippen molar-refractivity contribution in [3.63, 3.8) is 0 Å². The number of hydrogen-bond acceptors (Lipinski definition) is 5. The molecule has 1 aliphatic rings. The predicted octanol–water partition coefficient (Wildman–Crippen LogP) is 2.89. The van der Waals surface area contributed by atoms with Gasteiger partial charge in [0.15, 0.2) is 0 Å². The zero-order valence-electron chi connectivity index (χ0n) is 14.8. The van der Waals surface area contributed by atoms with Crippen LogP contribution in [-0.4, -0.2) is 39.5 Å². The molecule has 0 aliphatic carbocycles. The lowest BCUT2D eigenvalue weighted by Gasteiger charge is -2.22. The molecule has 1 N–H and O–H groups in total. The van der Waals surface area contributed by atoms with Crippen LogP contribution in [0.25, 0.3) is 0 Å². The molecule has 138 valence electrons. The summed E-state index contributed by atoms with van der Waals surface area (Å²) in [6.07, 6.45) is 0.701. The summed E-state index contributed by atoms with van der Waals surface area (Å²) in [5.41, 5.74) is 1.88. The van der Waals surface area contributed by atoms with Gasteiger partial charge in [0.1, 0.15) is 17.4 Å². The highest BCUT2D eigenvalue weighted by Gasteiger charge is 2.37. The smallest absolute Gasteiger partial charge is 0.308 e. The highest BCUT2D eigenvalue weighted by molar-refractivity contribution is 7.09. The van der Waals surface area contributed by atoms with E-state index >= 15 is 0 Å². The van der Waals surface area contributed by atoms with Crippen molar-refractivity contribution in [3.05, 3.63) is 45.9 Å². The molecule has 1 aromatic heterocycles.